The topological polar surface area (TPSA) is 47.6 Å². The van der Waals surface area contributed by atoms with Crippen LogP contribution in [0.15, 0.2) is 24.3 Å². The molecule has 1 aromatic carbocycles. The lowest BCUT2D eigenvalue weighted by Gasteiger charge is -2.09. The summed E-state index contributed by atoms with van der Waals surface area (Å²) in [4.78, 5) is 11.7. The molecule has 2 rings (SSSR count). The van der Waals surface area contributed by atoms with Gasteiger partial charge >= 0.3 is 0 Å². The second-order valence-corrected chi connectivity index (χ2v) is 4.45. The van der Waals surface area contributed by atoms with Crippen molar-refractivity contribution in [3.63, 3.8) is 0 Å². The third-order valence-electron chi connectivity index (χ3n) is 3.09. The number of carbonyl (C=O) groups excluding carboxylic acids is 1. The molecule has 4 nitrogen and oxygen atoms in total. The number of hydrogen-bond donors (Lipinski definition) is 1. The molecule has 1 aromatic rings. The predicted molar refractivity (Wildman–Crippen MR) is 69.8 cm³/mol. The fraction of sp³-hybridized carbons (Fsp3) is 0.500. The molecule has 0 radical (unpaired) electrons. The first-order valence-corrected chi connectivity index (χ1v) is 6.33. The highest BCUT2D eigenvalue weighted by molar-refractivity contribution is 5.90. The van der Waals surface area contributed by atoms with Crippen molar-refractivity contribution in [2.45, 2.75) is 31.8 Å². The van der Waals surface area contributed by atoms with E-state index in [-0.39, 0.29) is 12.0 Å². The Morgan fingerprint density at radius 3 is 2.83 bits per heavy atom. The molecular weight excluding hydrogens is 230 g/mol. The summed E-state index contributed by atoms with van der Waals surface area (Å²) >= 11 is 0. The molecule has 1 aliphatic heterocycles. The molecule has 4 heteroatoms. The van der Waals surface area contributed by atoms with Crippen molar-refractivity contribution in [3.8, 4) is 5.75 Å². The van der Waals surface area contributed by atoms with Crippen LogP contribution in [0.25, 0.3) is 0 Å². The number of amides is 1. The Kier molecular flexibility index (Phi) is 4.59. The van der Waals surface area contributed by atoms with Gasteiger partial charge in [-0.15, -0.1) is 0 Å². The highest BCUT2D eigenvalue weighted by Gasteiger charge is 2.16. The maximum absolute atomic E-state index is 11.7. The Labute approximate surface area is 107 Å². The Morgan fingerprint density at radius 2 is 2.22 bits per heavy atom. The van der Waals surface area contributed by atoms with Gasteiger partial charge in [-0.2, -0.15) is 0 Å². The number of benzene rings is 1. The zero-order valence-electron chi connectivity index (χ0n) is 10.6. The SMILES string of the molecule is COc1ccc(NC(=O)CC[C@@H]2CCCO2)cc1. The Balaban J connectivity index is 1.75. The average Bonchev–Trinajstić information content (AvgIpc) is 2.90. The highest BCUT2D eigenvalue weighted by Crippen LogP contribution is 2.18. The molecule has 18 heavy (non-hydrogen) atoms. The summed E-state index contributed by atoms with van der Waals surface area (Å²) in [5.41, 5.74) is 0.799. The molecule has 1 atom stereocenters. The van der Waals surface area contributed by atoms with E-state index in [4.69, 9.17) is 9.47 Å². The monoisotopic (exact) mass is 249 g/mol. The fourth-order valence-electron chi connectivity index (χ4n) is 2.06. The van der Waals surface area contributed by atoms with Crippen LogP contribution >= 0.6 is 0 Å². The number of rotatable bonds is 5. The van der Waals surface area contributed by atoms with Crippen LogP contribution in [0.2, 0.25) is 0 Å². The molecule has 0 bridgehead atoms. The van der Waals surface area contributed by atoms with Gasteiger partial charge in [0.2, 0.25) is 5.91 Å². The summed E-state index contributed by atoms with van der Waals surface area (Å²) in [6.07, 6.45) is 3.78. The molecule has 0 aromatic heterocycles. The lowest BCUT2D eigenvalue weighted by Crippen LogP contribution is -2.15. The first-order chi connectivity index (χ1) is 8.78. The smallest absolute Gasteiger partial charge is 0.224 e. The summed E-state index contributed by atoms with van der Waals surface area (Å²) in [6, 6.07) is 7.33. The number of carbonyl (C=O) groups is 1. The minimum atomic E-state index is 0.0377. The van der Waals surface area contributed by atoms with Crippen molar-refractivity contribution in [1.29, 1.82) is 0 Å². The van der Waals surface area contributed by atoms with Crippen molar-refractivity contribution in [2.75, 3.05) is 19.0 Å². The first-order valence-electron chi connectivity index (χ1n) is 6.33. The molecular formula is C14H19NO3. The van der Waals surface area contributed by atoms with E-state index in [1.807, 2.05) is 24.3 Å². The van der Waals surface area contributed by atoms with Crippen LogP contribution in [0, 0.1) is 0 Å². The van der Waals surface area contributed by atoms with Crippen LogP contribution in [-0.4, -0.2) is 25.7 Å². The van der Waals surface area contributed by atoms with Crippen LogP contribution in [0.5, 0.6) is 5.75 Å². The molecule has 0 aliphatic carbocycles. The van der Waals surface area contributed by atoms with Gasteiger partial charge in [-0.3, -0.25) is 4.79 Å². The number of methoxy groups -OCH3 is 1. The molecule has 98 valence electrons. The molecule has 0 spiro atoms. The van der Waals surface area contributed by atoms with Gasteiger partial charge in [0.15, 0.2) is 0 Å². The van der Waals surface area contributed by atoms with E-state index in [1.54, 1.807) is 7.11 Å². The van der Waals surface area contributed by atoms with Gasteiger partial charge in [0.1, 0.15) is 5.75 Å². The van der Waals surface area contributed by atoms with Crippen molar-refractivity contribution in [3.05, 3.63) is 24.3 Å². The van der Waals surface area contributed by atoms with Crippen molar-refractivity contribution >= 4 is 11.6 Å². The van der Waals surface area contributed by atoms with Gasteiger partial charge in [-0.1, -0.05) is 0 Å². The van der Waals surface area contributed by atoms with E-state index in [0.717, 1.165) is 37.3 Å². The second kappa shape index (κ2) is 6.40. The van der Waals surface area contributed by atoms with Crippen LogP contribution in [0.1, 0.15) is 25.7 Å². The van der Waals surface area contributed by atoms with Crippen LogP contribution in [-0.2, 0) is 9.53 Å². The molecule has 1 aliphatic rings. The molecule has 1 N–H and O–H groups in total. The number of ether oxygens (including phenoxy) is 2. The number of nitrogens with one attached hydrogen (secondary N) is 1. The van der Waals surface area contributed by atoms with Crippen molar-refractivity contribution in [1.82, 2.24) is 0 Å². The Morgan fingerprint density at radius 1 is 1.44 bits per heavy atom. The third-order valence-corrected chi connectivity index (χ3v) is 3.09. The standard InChI is InChI=1S/C14H19NO3/c1-17-12-6-4-11(5-7-12)15-14(16)9-8-13-3-2-10-18-13/h4-7,13H,2-3,8-10H2,1H3,(H,15,16)/t13-/m0/s1. The number of anilines is 1. The Hall–Kier alpha value is -1.55. The summed E-state index contributed by atoms with van der Waals surface area (Å²) < 4.78 is 10.5. The van der Waals surface area contributed by atoms with Gasteiger partial charge < -0.3 is 14.8 Å². The summed E-state index contributed by atoms with van der Waals surface area (Å²) in [7, 11) is 1.62. The summed E-state index contributed by atoms with van der Waals surface area (Å²) in [5.74, 6) is 0.822. The lowest BCUT2D eigenvalue weighted by molar-refractivity contribution is -0.116. The maximum Gasteiger partial charge on any atom is 0.224 e. The molecule has 0 saturated carbocycles. The predicted octanol–water partition coefficient (Wildman–Crippen LogP) is 2.59. The van der Waals surface area contributed by atoms with Gasteiger partial charge in [0.05, 0.1) is 13.2 Å². The Bertz CT molecular complexity index is 383. The molecule has 1 heterocycles. The lowest BCUT2D eigenvalue weighted by atomic mass is 10.1. The van der Waals surface area contributed by atoms with Crippen molar-refractivity contribution in [2.24, 2.45) is 0 Å². The minimum absolute atomic E-state index is 0.0377. The van der Waals surface area contributed by atoms with Crippen molar-refractivity contribution < 1.29 is 14.3 Å². The normalized spacial score (nSPS) is 18.6. The number of hydrogen-bond acceptors (Lipinski definition) is 3. The van der Waals surface area contributed by atoms with E-state index >= 15 is 0 Å². The average molecular weight is 249 g/mol. The van der Waals surface area contributed by atoms with Gasteiger partial charge in [0.25, 0.3) is 0 Å². The van der Waals surface area contributed by atoms with Gasteiger partial charge in [0, 0.05) is 18.7 Å². The molecule has 1 saturated heterocycles. The quantitative estimate of drug-likeness (QED) is 0.872. The van der Waals surface area contributed by atoms with E-state index in [9.17, 15) is 4.79 Å². The van der Waals surface area contributed by atoms with E-state index in [1.165, 1.54) is 0 Å². The summed E-state index contributed by atoms with van der Waals surface area (Å²) in [5, 5.41) is 2.87. The zero-order chi connectivity index (χ0) is 12.8. The second-order valence-electron chi connectivity index (χ2n) is 4.45. The fourth-order valence-corrected chi connectivity index (χ4v) is 2.06. The molecule has 1 fully saturated rings. The van der Waals surface area contributed by atoms with Crippen LogP contribution in [0.4, 0.5) is 5.69 Å². The summed E-state index contributed by atoms with van der Waals surface area (Å²) in [6.45, 7) is 0.838. The molecule has 0 unspecified atom stereocenters. The minimum Gasteiger partial charge on any atom is -0.497 e. The van der Waals surface area contributed by atoms with E-state index in [0.29, 0.717) is 6.42 Å². The molecule has 1 amide bonds. The van der Waals surface area contributed by atoms with Gasteiger partial charge in [-0.25, -0.2) is 0 Å². The first kappa shape index (κ1) is 12.9. The van der Waals surface area contributed by atoms with E-state index in [2.05, 4.69) is 5.32 Å². The van der Waals surface area contributed by atoms with Gasteiger partial charge in [-0.05, 0) is 43.5 Å². The van der Waals surface area contributed by atoms with E-state index < -0.39 is 0 Å². The third kappa shape index (κ3) is 3.74. The van der Waals surface area contributed by atoms with Crippen LogP contribution < -0.4 is 10.1 Å². The largest absolute Gasteiger partial charge is 0.497 e. The highest BCUT2D eigenvalue weighted by atomic mass is 16.5. The van der Waals surface area contributed by atoms with Crippen LogP contribution in [0.3, 0.4) is 0 Å². The zero-order valence-corrected chi connectivity index (χ0v) is 10.6. The maximum atomic E-state index is 11.7.